The summed E-state index contributed by atoms with van der Waals surface area (Å²) in [5.41, 5.74) is 0. The van der Waals surface area contributed by atoms with Gasteiger partial charge < -0.3 is 4.55 Å². The molecule has 0 aromatic rings. The summed E-state index contributed by atoms with van der Waals surface area (Å²) in [5, 5.41) is 0. The van der Waals surface area contributed by atoms with Crippen molar-refractivity contribution in [2.24, 2.45) is 0 Å². The molecule has 0 bridgehead atoms. The van der Waals surface area contributed by atoms with Gasteiger partial charge >= 0.3 is 0 Å². The first-order chi connectivity index (χ1) is 36.9. The van der Waals surface area contributed by atoms with Crippen molar-refractivity contribution < 1.29 is 17.5 Å². The minimum atomic E-state index is -4.44. The van der Waals surface area contributed by atoms with Crippen LogP contribution in [0.1, 0.15) is 406 Å². The molecule has 0 rings (SSSR count). The fourth-order valence-electron chi connectivity index (χ4n) is 11.4. The van der Waals surface area contributed by atoms with E-state index < -0.39 is 16.0 Å². The van der Waals surface area contributed by atoms with Gasteiger partial charge in [0.15, 0.2) is 5.88 Å². The predicted octanol–water partition coefficient (Wildman–Crippen LogP) is 25.3. The first kappa shape index (κ1) is 74.1. The third kappa shape index (κ3) is 62.2. The van der Waals surface area contributed by atoms with E-state index in [9.17, 15) is 13.0 Å². The summed E-state index contributed by atoms with van der Waals surface area (Å²) < 4.78 is 37.3. The normalized spacial score (nSPS) is 12.5. The first-order valence-electron chi connectivity index (χ1n) is 34.7. The Kier molecular flexibility index (Phi) is 61.5. The molecule has 0 saturated carbocycles. The summed E-state index contributed by atoms with van der Waals surface area (Å²) in [7, 11) is -4.44. The molecule has 446 valence electrons. The predicted molar refractivity (Wildman–Crippen MR) is 336 cm³/mol. The Hall–Kier alpha value is -0.910. The summed E-state index contributed by atoms with van der Waals surface area (Å²) in [4.78, 5) is 0. The van der Waals surface area contributed by atoms with Crippen LogP contribution < -0.4 is 0 Å². The van der Waals surface area contributed by atoms with Crippen molar-refractivity contribution in [1.82, 2.24) is 0 Å². The second kappa shape index (κ2) is 62.3. The minimum Gasteiger partial charge on any atom is -0.744 e. The van der Waals surface area contributed by atoms with E-state index in [-0.39, 0.29) is 4.48 Å². The van der Waals surface area contributed by atoms with E-state index in [4.69, 9.17) is 0 Å². The van der Waals surface area contributed by atoms with Gasteiger partial charge in [-0.1, -0.05) is 367 Å². The monoisotopic (exact) mass is 1070 g/mol. The highest BCUT2D eigenvalue weighted by Gasteiger charge is 2.23. The zero-order valence-corrected chi connectivity index (χ0v) is 52.5. The average Bonchev–Trinajstić information content (AvgIpc) is 3.39. The molecule has 75 heavy (non-hydrogen) atoms. The van der Waals surface area contributed by atoms with Gasteiger partial charge in [0.25, 0.3) is 0 Å². The van der Waals surface area contributed by atoms with Crippen molar-refractivity contribution >= 4 is 10.1 Å². The van der Waals surface area contributed by atoms with Gasteiger partial charge in [0.1, 0.15) is 28.7 Å². The summed E-state index contributed by atoms with van der Waals surface area (Å²) in [6.07, 6.45) is 93.7. The molecule has 0 aliphatic rings. The van der Waals surface area contributed by atoms with Crippen LogP contribution in [-0.2, 0) is 10.1 Å². The second-order valence-electron chi connectivity index (χ2n) is 24.3. The molecule has 0 unspecified atom stereocenters. The number of hydrogen-bond donors (Lipinski definition) is 0. The van der Waals surface area contributed by atoms with E-state index >= 15 is 0 Å². The van der Waals surface area contributed by atoms with Crippen LogP contribution in [0.2, 0.25) is 0 Å². The Bertz CT molecular complexity index is 1150. The number of quaternary nitrogens is 1. The number of allylic oxidation sites excluding steroid dienone is 3. The molecule has 0 fully saturated rings. The van der Waals surface area contributed by atoms with Gasteiger partial charge in [-0.25, -0.2) is 12.9 Å². The Morgan fingerprint density at radius 1 is 0.240 bits per heavy atom. The van der Waals surface area contributed by atoms with Crippen LogP contribution in [0.15, 0.2) is 36.8 Å². The van der Waals surface area contributed by atoms with Gasteiger partial charge in [0, 0.05) is 0 Å². The maximum absolute atomic E-state index is 12.4. The standard InChI is InChI=1S/C70H137NO3S/c1-4-7-10-13-16-19-22-25-28-31-34-37-40-43-46-49-52-55-58-61-64-67-71(70-75(72,73)74,68-65-62-59-56-53-50-47-44-41-38-35-32-29-26-23-20-17-14-11-8-5-2)69-66-63-60-57-54-51-48-45-42-39-36-33-30-27-24-21-18-15-12-9-6-3/h64-69H,4-63,70H2,1-3H3/b67-64+,68-65+,69-66+. The number of unbranched alkanes of at least 4 members (excludes halogenated alkanes) is 57. The average molecular weight is 1070 g/mol. The smallest absolute Gasteiger partial charge is 0.181 e. The molecule has 0 amide bonds. The lowest BCUT2D eigenvalue weighted by Gasteiger charge is -2.28. The van der Waals surface area contributed by atoms with Crippen LogP contribution in [0.5, 0.6) is 0 Å². The third-order valence-electron chi connectivity index (χ3n) is 16.5. The van der Waals surface area contributed by atoms with E-state index in [0.29, 0.717) is 0 Å². The maximum atomic E-state index is 12.4. The Morgan fingerprint density at radius 3 is 0.507 bits per heavy atom. The zero-order chi connectivity index (χ0) is 54.4. The fraction of sp³-hybridized carbons (Fsp3) is 0.914. The van der Waals surface area contributed by atoms with E-state index in [0.717, 1.165) is 38.5 Å². The van der Waals surface area contributed by atoms with Gasteiger partial charge in [-0.05, 0) is 56.8 Å². The van der Waals surface area contributed by atoms with Crippen LogP contribution >= 0.6 is 0 Å². The first-order valence-corrected chi connectivity index (χ1v) is 36.3. The van der Waals surface area contributed by atoms with Crippen LogP contribution in [0.25, 0.3) is 0 Å². The van der Waals surface area contributed by atoms with Crippen LogP contribution in [0.3, 0.4) is 0 Å². The lowest BCUT2D eigenvalue weighted by Crippen LogP contribution is -2.36. The van der Waals surface area contributed by atoms with Crippen LogP contribution in [0, 0.1) is 0 Å². The molecule has 0 aromatic carbocycles. The van der Waals surface area contributed by atoms with Crippen molar-refractivity contribution in [1.29, 1.82) is 0 Å². The van der Waals surface area contributed by atoms with Gasteiger partial charge in [0.2, 0.25) is 0 Å². The fourth-order valence-corrected chi connectivity index (χ4v) is 12.2. The molecule has 0 N–H and O–H groups in total. The lowest BCUT2D eigenvalue weighted by molar-refractivity contribution is -0.760. The third-order valence-corrected chi connectivity index (χ3v) is 17.2. The molecule has 0 aliphatic carbocycles. The number of nitrogens with zero attached hydrogens (tertiary/aromatic N) is 1. The second-order valence-corrected chi connectivity index (χ2v) is 25.7. The molecule has 0 heterocycles. The highest BCUT2D eigenvalue weighted by atomic mass is 32.2. The van der Waals surface area contributed by atoms with E-state index in [2.05, 4.69) is 39.0 Å². The summed E-state index contributed by atoms with van der Waals surface area (Å²) in [5.74, 6) is -0.450. The molecule has 0 spiro atoms. The van der Waals surface area contributed by atoms with Gasteiger partial charge in [-0.3, -0.25) is 0 Å². The summed E-state index contributed by atoms with van der Waals surface area (Å²) >= 11 is 0. The van der Waals surface area contributed by atoms with Crippen molar-refractivity contribution in [3.05, 3.63) is 36.8 Å². The maximum Gasteiger partial charge on any atom is 0.181 e. The minimum absolute atomic E-state index is 0.0107. The van der Waals surface area contributed by atoms with Gasteiger partial charge in [0.05, 0.1) is 0 Å². The molecule has 0 atom stereocenters. The quantitative estimate of drug-likeness (QED) is 0.0346. The van der Waals surface area contributed by atoms with E-state index in [1.165, 1.54) is 347 Å². The summed E-state index contributed by atoms with van der Waals surface area (Å²) in [6, 6.07) is 0. The molecule has 5 heteroatoms. The van der Waals surface area contributed by atoms with Crippen molar-refractivity contribution in [3.8, 4) is 0 Å². The SMILES string of the molecule is CCCCCCCCCCCCCCCCCCCCC/C=C/[N+](/C=C/CCCCCCCCCCCCCCCCCCCCC)(/C=C/CCCCCCCCCCCCCCCCCCCCC)CS(=O)(=O)[O-]. The Balaban J connectivity index is 4.64. The molecule has 0 saturated heterocycles. The van der Waals surface area contributed by atoms with E-state index in [1.807, 2.05) is 18.6 Å². The number of hydrogen-bond acceptors (Lipinski definition) is 3. The Labute approximate surface area is 473 Å². The molecule has 0 aliphatic heterocycles. The topological polar surface area (TPSA) is 57.2 Å². The Morgan fingerprint density at radius 2 is 0.373 bits per heavy atom. The molecular weight excluding hydrogens is 935 g/mol. The molecule has 4 nitrogen and oxygen atoms in total. The zero-order valence-electron chi connectivity index (χ0n) is 51.7. The van der Waals surface area contributed by atoms with Gasteiger partial charge in [-0.2, -0.15) is 0 Å². The van der Waals surface area contributed by atoms with Crippen LogP contribution in [-0.4, -0.2) is 23.3 Å². The highest BCUT2D eigenvalue weighted by molar-refractivity contribution is 7.85. The highest BCUT2D eigenvalue weighted by Crippen LogP contribution is 2.22. The van der Waals surface area contributed by atoms with Crippen molar-refractivity contribution in [3.63, 3.8) is 0 Å². The van der Waals surface area contributed by atoms with Gasteiger partial charge in [-0.15, -0.1) is 0 Å². The molecular formula is C70H137NO3S. The summed E-state index contributed by atoms with van der Waals surface area (Å²) in [6.45, 7) is 6.89. The molecule has 0 radical (unpaired) electrons. The van der Waals surface area contributed by atoms with E-state index in [1.54, 1.807) is 0 Å². The van der Waals surface area contributed by atoms with Crippen molar-refractivity contribution in [2.75, 3.05) is 5.88 Å². The molecule has 0 aromatic heterocycles. The lowest BCUT2D eigenvalue weighted by atomic mass is 10.0. The largest absolute Gasteiger partial charge is 0.744 e. The van der Waals surface area contributed by atoms with Crippen LogP contribution in [0.4, 0.5) is 0 Å². The van der Waals surface area contributed by atoms with Crippen molar-refractivity contribution in [2.45, 2.75) is 406 Å². The number of rotatable bonds is 65.